The monoisotopic (exact) mass is 428 g/mol. The van der Waals surface area contributed by atoms with Crippen LogP contribution in [-0.4, -0.2) is 21.4 Å². The lowest BCUT2D eigenvalue weighted by molar-refractivity contribution is 0.538. The first kappa shape index (κ1) is 23.1. The van der Waals surface area contributed by atoms with E-state index in [-0.39, 0.29) is 5.56 Å². The van der Waals surface area contributed by atoms with E-state index in [0.717, 1.165) is 35.1 Å². The molecular formula is C27H32N4O. The van der Waals surface area contributed by atoms with E-state index in [1.165, 1.54) is 4.68 Å². The predicted octanol–water partition coefficient (Wildman–Crippen LogP) is 5.61. The van der Waals surface area contributed by atoms with E-state index in [0.29, 0.717) is 22.9 Å². The van der Waals surface area contributed by atoms with Gasteiger partial charge in [0.15, 0.2) is 0 Å². The number of nitrogens with one attached hydrogen (secondary N) is 1. The Balaban J connectivity index is 0.00000141. The second kappa shape index (κ2) is 10.1. The van der Waals surface area contributed by atoms with Crippen molar-refractivity contribution in [1.29, 1.82) is 0 Å². The van der Waals surface area contributed by atoms with Crippen LogP contribution in [0.2, 0.25) is 0 Å². The Morgan fingerprint density at radius 2 is 2.06 bits per heavy atom. The highest BCUT2D eigenvalue weighted by atomic mass is 16.1. The summed E-state index contributed by atoms with van der Waals surface area (Å²) in [6.07, 6.45) is 12.9. The topological polar surface area (TPSA) is 51.9 Å². The molecule has 1 aromatic rings. The molecule has 0 spiro atoms. The maximum Gasteiger partial charge on any atom is 0.282 e. The van der Waals surface area contributed by atoms with Crippen LogP contribution in [0.4, 0.5) is 0 Å². The van der Waals surface area contributed by atoms with Crippen LogP contribution in [0, 0.1) is 5.92 Å². The first-order valence-corrected chi connectivity index (χ1v) is 11.1. The molecule has 2 heterocycles. The van der Waals surface area contributed by atoms with Crippen LogP contribution in [-0.2, 0) is 6.54 Å². The molecule has 4 rings (SSSR count). The van der Waals surface area contributed by atoms with E-state index < -0.39 is 0 Å². The largest absolute Gasteiger partial charge is 0.388 e. The molecule has 1 aromatic carbocycles. The van der Waals surface area contributed by atoms with E-state index in [4.69, 9.17) is 0 Å². The van der Waals surface area contributed by atoms with E-state index >= 15 is 0 Å². The minimum absolute atomic E-state index is 0.142. The molecule has 5 nitrogen and oxygen atoms in total. The Morgan fingerprint density at radius 3 is 2.69 bits per heavy atom. The third-order valence-corrected chi connectivity index (χ3v) is 5.48. The van der Waals surface area contributed by atoms with Gasteiger partial charge in [0.1, 0.15) is 5.69 Å². The predicted molar refractivity (Wildman–Crippen MR) is 136 cm³/mol. The van der Waals surface area contributed by atoms with Gasteiger partial charge in [-0.3, -0.25) is 4.79 Å². The summed E-state index contributed by atoms with van der Waals surface area (Å²) in [5.74, 6) is 0.366. The lowest BCUT2D eigenvalue weighted by atomic mass is 9.98. The van der Waals surface area contributed by atoms with Gasteiger partial charge >= 0.3 is 0 Å². The minimum atomic E-state index is -0.142. The molecular weight excluding hydrogens is 396 g/mol. The number of fused-ring (bicyclic) bond motifs is 3. The zero-order valence-electron chi connectivity index (χ0n) is 19.4. The summed E-state index contributed by atoms with van der Waals surface area (Å²) in [5, 5.41) is 8.82. The van der Waals surface area contributed by atoms with Gasteiger partial charge in [-0.05, 0) is 43.1 Å². The third-order valence-electron chi connectivity index (χ3n) is 5.48. The molecule has 0 saturated carbocycles. The average Bonchev–Trinajstić information content (AvgIpc) is 3.15. The van der Waals surface area contributed by atoms with Crippen molar-refractivity contribution >= 4 is 16.6 Å². The van der Waals surface area contributed by atoms with Crippen molar-refractivity contribution in [2.45, 2.75) is 33.7 Å². The Bertz CT molecular complexity index is 1250. The van der Waals surface area contributed by atoms with Crippen LogP contribution in [0.1, 0.15) is 27.2 Å². The zero-order valence-corrected chi connectivity index (χ0v) is 19.4. The van der Waals surface area contributed by atoms with Crippen molar-refractivity contribution in [3.8, 4) is 11.3 Å². The number of nitrogens with zero attached hydrogens (tertiary/aromatic N) is 3. The van der Waals surface area contributed by atoms with Crippen LogP contribution in [0.3, 0.4) is 0 Å². The fourth-order valence-corrected chi connectivity index (χ4v) is 3.94. The van der Waals surface area contributed by atoms with Crippen molar-refractivity contribution in [3.63, 3.8) is 0 Å². The fourth-order valence-electron chi connectivity index (χ4n) is 3.94. The van der Waals surface area contributed by atoms with Crippen molar-refractivity contribution in [1.82, 2.24) is 19.7 Å². The molecule has 2 aliphatic heterocycles. The Morgan fingerprint density at radius 1 is 1.31 bits per heavy atom. The number of likely N-dealkylation sites (N-methyl/N-ethyl adjacent to an activating group) is 1. The number of benzene rings is 1. The van der Waals surface area contributed by atoms with Gasteiger partial charge in [0.05, 0.1) is 16.8 Å². The zero-order chi connectivity index (χ0) is 23.3. The summed E-state index contributed by atoms with van der Waals surface area (Å²) >= 11 is 0. The molecule has 1 unspecified atom stereocenters. The van der Waals surface area contributed by atoms with Crippen molar-refractivity contribution in [3.05, 3.63) is 95.6 Å². The molecule has 32 heavy (non-hydrogen) atoms. The van der Waals surface area contributed by atoms with Crippen molar-refractivity contribution in [2.75, 3.05) is 7.05 Å². The molecule has 0 bridgehead atoms. The lowest BCUT2D eigenvalue weighted by Crippen LogP contribution is -2.18. The molecule has 1 N–H and O–H groups in total. The van der Waals surface area contributed by atoms with Gasteiger partial charge < -0.3 is 9.88 Å². The standard InChI is InChI=1S/C25H26N4O.C2H6/c1-5-8-22(17(2)3)29-25(30)21-16-28(15-18-11-13-19(26-4)14-12-18)23-10-7-6-9-20(23)24(21)27-29;1-2/h5-11,13-14,16,18,26H,1-2,12,15H2,3-4H3;1-2H3/b22-8+;. The average molecular weight is 429 g/mol. The Labute approximate surface area is 190 Å². The highest BCUT2D eigenvalue weighted by Crippen LogP contribution is 2.30. The maximum absolute atomic E-state index is 13.3. The molecule has 0 saturated heterocycles. The van der Waals surface area contributed by atoms with Crippen molar-refractivity contribution in [2.24, 2.45) is 5.92 Å². The molecule has 3 aliphatic rings. The summed E-state index contributed by atoms with van der Waals surface area (Å²) in [6, 6.07) is 8.11. The summed E-state index contributed by atoms with van der Waals surface area (Å²) in [4.78, 5) is 13.3. The highest BCUT2D eigenvalue weighted by molar-refractivity contribution is 5.94. The number of hydrogen-bond donors (Lipinski definition) is 1. The summed E-state index contributed by atoms with van der Waals surface area (Å²) in [7, 11) is 1.93. The number of pyridine rings is 1. The van der Waals surface area contributed by atoms with Crippen LogP contribution >= 0.6 is 0 Å². The highest BCUT2D eigenvalue weighted by Gasteiger charge is 2.22. The summed E-state index contributed by atoms with van der Waals surface area (Å²) in [5.41, 5.74) is 4.79. The maximum atomic E-state index is 13.3. The van der Waals surface area contributed by atoms with Crippen LogP contribution in [0.25, 0.3) is 27.9 Å². The van der Waals surface area contributed by atoms with Gasteiger partial charge in [0.25, 0.3) is 5.56 Å². The molecule has 1 aliphatic carbocycles. The fraction of sp³-hybridized carbons (Fsp3) is 0.259. The van der Waals surface area contributed by atoms with Gasteiger partial charge in [-0.2, -0.15) is 9.78 Å². The van der Waals surface area contributed by atoms with Gasteiger partial charge in [-0.25, -0.2) is 0 Å². The SMILES string of the molecule is C=C/C=C(\C(=C)C)n1nc2c3ccccc3n(CC3C=CC(NC)=CC3)cc-2c1=O.CC. The summed E-state index contributed by atoms with van der Waals surface area (Å²) < 4.78 is 3.61. The van der Waals surface area contributed by atoms with E-state index in [1.807, 2.05) is 52.2 Å². The van der Waals surface area contributed by atoms with Gasteiger partial charge in [0.2, 0.25) is 0 Å². The normalized spacial score (nSPS) is 15.8. The van der Waals surface area contributed by atoms with E-state index in [9.17, 15) is 4.79 Å². The molecule has 166 valence electrons. The number of para-hydroxylation sites is 1. The number of hydrogen-bond acceptors (Lipinski definition) is 3. The van der Waals surface area contributed by atoms with Crippen LogP contribution in [0.15, 0.2) is 90.1 Å². The molecule has 0 aromatic heterocycles. The molecule has 1 atom stereocenters. The van der Waals surface area contributed by atoms with Gasteiger partial charge in [-0.15, -0.1) is 0 Å². The second-order valence-corrected chi connectivity index (χ2v) is 7.61. The minimum Gasteiger partial charge on any atom is -0.388 e. The number of rotatable bonds is 6. The third kappa shape index (κ3) is 4.37. The lowest BCUT2D eigenvalue weighted by Gasteiger charge is -2.20. The quantitative estimate of drug-likeness (QED) is 0.519. The van der Waals surface area contributed by atoms with Crippen molar-refractivity contribution < 1.29 is 0 Å². The number of allylic oxidation sites excluding steroid dienone is 7. The smallest absolute Gasteiger partial charge is 0.282 e. The van der Waals surface area contributed by atoms with Gasteiger partial charge in [-0.1, -0.05) is 63.4 Å². The first-order chi connectivity index (χ1) is 15.5. The van der Waals surface area contributed by atoms with Gasteiger partial charge in [0, 0.05) is 30.9 Å². The first-order valence-electron chi connectivity index (χ1n) is 11.1. The molecule has 0 fully saturated rings. The molecule has 0 radical (unpaired) electrons. The molecule has 5 heteroatoms. The summed E-state index contributed by atoms with van der Waals surface area (Å²) in [6.45, 7) is 14.4. The van der Waals surface area contributed by atoms with Crippen LogP contribution in [0.5, 0.6) is 0 Å². The van der Waals surface area contributed by atoms with E-state index in [1.54, 1.807) is 12.2 Å². The van der Waals surface area contributed by atoms with E-state index in [2.05, 4.69) is 52.4 Å². The number of aromatic nitrogens is 3. The Kier molecular flexibility index (Phi) is 7.31. The molecule has 0 amide bonds. The Hall–Kier alpha value is -3.60. The second-order valence-electron chi connectivity index (χ2n) is 7.61. The van der Waals surface area contributed by atoms with Crippen LogP contribution < -0.4 is 10.9 Å².